The number of H-pyrrole nitrogens is 1. The Morgan fingerprint density at radius 2 is 1.89 bits per heavy atom. The van der Waals surface area contributed by atoms with Gasteiger partial charge in [-0.1, -0.05) is 18.2 Å². The van der Waals surface area contributed by atoms with Crippen LogP contribution in [-0.2, 0) is 0 Å². The van der Waals surface area contributed by atoms with Gasteiger partial charge in [0.25, 0.3) is 11.8 Å². The van der Waals surface area contributed by atoms with Gasteiger partial charge in [-0.2, -0.15) is 0 Å². The number of halogens is 1. The Hall–Kier alpha value is -4.63. The summed E-state index contributed by atoms with van der Waals surface area (Å²) in [4.78, 5) is 39.8. The molecule has 0 saturated carbocycles. The van der Waals surface area contributed by atoms with Crippen LogP contribution in [0.5, 0.6) is 5.75 Å². The number of methoxy groups -OCH3 is 1. The third-order valence-corrected chi connectivity index (χ3v) is 5.81. The average molecular weight is 518 g/mol. The van der Waals surface area contributed by atoms with Crippen LogP contribution in [0.3, 0.4) is 0 Å². The van der Waals surface area contributed by atoms with Crippen LogP contribution in [0.15, 0.2) is 77.5 Å². The number of para-hydroxylation sites is 2. The van der Waals surface area contributed by atoms with Gasteiger partial charge in [-0.25, -0.2) is 9.97 Å². The second kappa shape index (κ2) is 10.5. The number of hydrogen-bond donors (Lipinski definition) is 2. The molecule has 5 rings (SSSR count). The van der Waals surface area contributed by atoms with E-state index in [1.54, 1.807) is 37.5 Å². The molecule has 0 aliphatic carbocycles. The van der Waals surface area contributed by atoms with E-state index in [0.29, 0.717) is 39.5 Å². The molecule has 37 heavy (non-hydrogen) atoms. The first-order chi connectivity index (χ1) is 17.5. The van der Waals surface area contributed by atoms with Gasteiger partial charge in [-0.3, -0.25) is 9.59 Å². The zero-order chi connectivity index (χ0) is 25.2. The van der Waals surface area contributed by atoms with E-state index in [-0.39, 0.29) is 30.0 Å². The zero-order valence-electron chi connectivity index (χ0n) is 20.3. The summed E-state index contributed by atoms with van der Waals surface area (Å²) in [5, 5.41) is 2.90. The van der Waals surface area contributed by atoms with Crippen molar-refractivity contribution < 1.29 is 18.7 Å². The molecular weight excluding hydrogens is 494 g/mol. The lowest BCUT2D eigenvalue weighted by atomic mass is 10.1. The molecule has 2 amide bonds. The van der Waals surface area contributed by atoms with Gasteiger partial charge in [0.05, 0.1) is 41.3 Å². The molecular formula is C27H24ClN5O4. The fraction of sp³-hybridized carbons (Fsp3) is 0.111. The maximum atomic E-state index is 13.4. The van der Waals surface area contributed by atoms with Gasteiger partial charge in [0.1, 0.15) is 23.4 Å². The fourth-order valence-electron chi connectivity index (χ4n) is 4.06. The van der Waals surface area contributed by atoms with Crippen molar-refractivity contribution in [3.8, 4) is 17.2 Å². The largest absolute Gasteiger partial charge is 0.496 e. The first-order valence-corrected chi connectivity index (χ1v) is 11.2. The highest BCUT2D eigenvalue weighted by atomic mass is 35.5. The number of anilines is 2. The molecule has 0 unspecified atom stereocenters. The number of nitrogens with one attached hydrogen (secondary N) is 2. The number of carbonyl (C=O) groups excluding carboxylic acids is 2. The summed E-state index contributed by atoms with van der Waals surface area (Å²) in [5.41, 5.74) is 4.04. The van der Waals surface area contributed by atoms with Gasteiger partial charge in [0.2, 0.25) is 5.89 Å². The van der Waals surface area contributed by atoms with Crippen molar-refractivity contribution in [2.45, 2.75) is 6.92 Å². The lowest BCUT2D eigenvalue weighted by molar-refractivity contribution is 0.0988. The van der Waals surface area contributed by atoms with Crippen LogP contribution in [-0.4, -0.2) is 40.9 Å². The van der Waals surface area contributed by atoms with E-state index in [2.05, 4.69) is 20.3 Å². The van der Waals surface area contributed by atoms with Crippen LogP contribution >= 0.6 is 12.4 Å². The van der Waals surface area contributed by atoms with Crippen molar-refractivity contribution in [1.29, 1.82) is 0 Å². The second-order valence-corrected chi connectivity index (χ2v) is 8.11. The van der Waals surface area contributed by atoms with Crippen LogP contribution in [0.1, 0.15) is 26.5 Å². The number of carbonyl (C=O) groups is 2. The van der Waals surface area contributed by atoms with Gasteiger partial charge in [-0.05, 0) is 49.4 Å². The number of nitrogens with zero attached hydrogens (tertiary/aromatic N) is 3. The summed E-state index contributed by atoms with van der Waals surface area (Å²) in [7, 11) is 3.13. The second-order valence-electron chi connectivity index (χ2n) is 8.11. The topological polar surface area (TPSA) is 113 Å². The minimum atomic E-state index is -0.374. The monoisotopic (exact) mass is 517 g/mol. The zero-order valence-corrected chi connectivity index (χ0v) is 21.1. The van der Waals surface area contributed by atoms with Gasteiger partial charge in [-0.15, -0.1) is 12.4 Å². The molecule has 10 heteroatoms. The normalized spacial score (nSPS) is 10.6. The SMILES string of the molecule is COc1cc(C(=O)N(C)c2ccccc2-c2ncco2)ccc1C(=O)Nc1cccc2[nH]c(C)nc12.Cl. The number of aromatic amines is 1. The summed E-state index contributed by atoms with van der Waals surface area (Å²) in [5.74, 6) is 0.786. The predicted molar refractivity (Wildman–Crippen MR) is 144 cm³/mol. The number of ether oxygens (including phenoxy) is 1. The van der Waals surface area contributed by atoms with Crippen LogP contribution < -0.4 is 15.0 Å². The Kier molecular flexibility index (Phi) is 7.26. The standard InChI is InChI=1S/C27H23N5O4.ClH/c1-16-29-20-8-6-9-21(24(20)30-16)31-25(33)19-12-11-17(15-23(19)35-3)27(34)32(2)22-10-5-4-7-18(22)26-28-13-14-36-26;/h4-15H,1-3H3,(H,29,30)(H,31,33);1H. The fourth-order valence-corrected chi connectivity index (χ4v) is 4.06. The summed E-state index contributed by atoms with van der Waals surface area (Å²) in [6, 6.07) is 17.6. The molecule has 0 aliphatic rings. The van der Waals surface area contributed by atoms with Crippen molar-refractivity contribution >= 4 is 46.6 Å². The van der Waals surface area contributed by atoms with Gasteiger partial charge in [0.15, 0.2) is 0 Å². The van der Waals surface area contributed by atoms with Crippen molar-refractivity contribution in [2.75, 3.05) is 24.4 Å². The number of oxazole rings is 1. The Bertz CT molecular complexity index is 1580. The summed E-state index contributed by atoms with van der Waals surface area (Å²) in [6.45, 7) is 1.85. The summed E-state index contributed by atoms with van der Waals surface area (Å²) < 4.78 is 10.9. The van der Waals surface area contributed by atoms with Crippen LogP contribution in [0.4, 0.5) is 11.4 Å². The van der Waals surface area contributed by atoms with Crippen molar-refractivity contribution in [1.82, 2.24) is 15.0 Å². The van der Waals surface area contributed by atoms with Crippen LogP contribution in [0, 0.1) is 6.92 Å². The van der Waals surface area contributed by atoms with E-state index < -0.39 is 0 Å². The molecule has 0 spiro atoms. The van der Waals surface area contributed by atoms with Crippen molar-refractivity contribution in [2.24, 2.45) is 0 Å². The molecule has 2 N–H and O–H groups in total. The number of fused-ring (bicyclic) bond motifs is 1. The molecule has 2 heterocycles. The summed E-state index contributed by atoms with van der Waals surface area (Å²) >= 11 is 0. The number of aryl methyl sites for hydroxylation is 1. The quantitative estimate of drug-likeness (QED) is 0.308. The Labute approximate surface area is 218 Å². The smallest absolute Gasteiger partial charge is 0.259 e. The van der Waals surface area contributed by atoms with Crippen molar-refractivity contribution in [3.05, 3.63) is 90.1 Å². The highest BCUT2D eigenvalue weighted by Gasteiger charge is 2.22. The number of rotatable bonds is 6. The third-order valence-electron chi connectivity index (χ3n) is 5.81. The lowest BCUT2D eigenvalue weighted by Crippen LogP contribution is -2.27. The van der Waals surface area contributed by atoms with Crippen LogP contribution in [0.2, 0.25) is 0 Å². The predicted octanol–water partition coefficient (Wildman–Crippen LogP) is 5.49. The summed E-state index contributed by atoms with van der Waals surface area (Å²) in [6.07, 6.45) is 3.03. The number of amides is 2. The highest BCUT2D eigenvalue weighted by molar-refractivity contribution is 6.11. The Balaban J connectivity index is 0.00000320. The van der Waals surface area contributed by atoms with E-state index >= 15 is 0 Å². The molecule has 5 aromatic rings. The van der Waals surface area contributed by atoms with Crippen molar-refractivity contribution in [3.63, 3.8) is 0 Å². The van der Waals surface area contributed by atoms with E-state index in [4.69, 9.17) is 9.15 Å². The van der Waals surface area contributed by atoms with E-state index in [1.807, 2.05) is 43.3 Å². The van der Waals surface area contributed by atoms with E-state index in [9.17, 15) is 9.59 Å². The molecule has 0 fully saturated rings. The Morgan fingerprint density at radius 1 is 1.08 bits per heavy atom. The van der Waals surface area contributed by atoms with Gasteiger partial charge in [0, 0.05) is 12.6 Å². The first kappa shape index (κ1) is 25.5. The number of hydrogen-bond acceptors (Lipinski definition) is 6. The molecule has 9 nitrogen and oxygen atoms in total. The minimum Gasteiger partial charge on any atom is -0.496 e. The van der Waals surface area contributed by atoms with Crippen LogP contribution in [0.25, 0.3) is 22.5 Å². The number of imidazole rings is 1. The molecule has 2 aromatic heterocycles. The molecule has 0 aliphatic heterocycles. The van der Waals surface area contributed by atoms with Gasteiger partial charge < -0.3 is 24.4 Å². The molecule has 0 atom stereocenters. The number of benzene rings is 3. The molecule has 0 bridgehead atoms. The third kappa shape index (κ3) is 4.89. The molecule has 0 radical (unpaired) electrons. The Morgan fingerprint density at radius 3 is 2.65 bits per heavy atom. The van der Waals surface area contributed by atoms with Gasteiger partial charge >= 0.3 is 0 Å². The van der Waals surface area contributed by atoms with E-state index in [0.717, 1.165) is 11.3 Å². The van der Waals surface area contributed by atoms with E-state index in [1.165, 1.54) is 18.3 Å². The molecule has 0 saturated heterocycles. The highest BCUT2D eigenvalue weighted by Crippen LogP contribution is 2.31. The lowest BCUT2D eigenvalue weighted by Gasteiger charge is -2.20. The number of aromatic nitrogens is 3. The molecule has 188 valence electrons. The average Bonchev–Trinajstić information content (AvgIpc) is 3.57. The maximum Gasteiger partial charge on any atom is 0.259 e. The minimum absolute atomic E-state index is 0. The maximum absolute atomic E-state index is 13.4. The molecule has 3 aromatic carbocycles. The first-order valence-electron chi connectivity index (χ1n) is 11.2.